The second-order valence-electron chi connectivity index (χ2n) is 41.2. The van der Waals surface area contributed by atoms with Crippen molar-refractivity contribution < 1.29 is 193 Å². The van der Waals surface area contributed by atoms with Crippen molar-refractivity contribution in [2.24, 2.45) is 51.8 Å². The number of hydrogen-bond acceptors (Lipinski definition) is 18. The molecule has 3 saturated carbocycles. The average molecular weight is 2080 g/mol. The number of amides is 6. The average Bonchev–Trinajstić information content (AvgIpc) is 1.33. The Balaban J connectivity index is 0.000000213. The van der Waals surface area contributed by atoms with Gasteiger partial charge in [-0.25, -0.2) is 74.5 Å². The minimum Gasteiger partial charge on any atom is -0.540 e. The van der Waals surface area contributed by atoms with E-state index >= 15 is 26.3 Å². The molecule has 3 aromatic carbocycles. The van der Waals surface area contributed by atoms with E-state index in [-0.39, 0.29) is 164 Å². The van der Waals surface area contributed by atoms with Crippen LogP contribution >= 0.6 is 0 Å². The summed E-state index contributed by atoms with van der Waals surface area (Å²) >= 11 is 0. The topological polar surface area (TPSA) is 293 Å². The van der Waals surface area contributed by atoms with Gasteiger partial charge in [-0.1, -0.05) is 152 Å². The molecule has 3 radical (unpaired) electrons. The van der Waals surface area contributed by atoms with Gasteiger partial charge in [-0.15, -0.1) is 0 Å². The molecule has 139 heavy (non-hydrogen) atoms. The smallest absolute Gasteiger partial charge is 0.416 e. The molecule has 6 amide bonds. The van der Waals surface area contributed by atoms with Gasteiger partial charge in [-0.2, -0.15) is 39.5 Å². The molecule has 759 valence electrons. The van der Waals surface area contributed by atoms with Gasteiger partial charge in [0.05, 0.1) is 69.6 Å². The monoisotopic (exact) mass is 2080 g/mol. The molecule has 42 heteroatoms. The first kappa shape index (κ1) is 112. The van der Waals surface area contributed by atoms with Crippen LogP contribution < -0.4 is 30.2 Å². The number of carbonyl (C=O) groups is 6. The van der Waals surface area contributed by atoms with Gasteiger partial charge in [0, 0.05) is 103 Å². The number of ether oxygens (including phenoxy) is 6. The fourth-order valence-corrected chi connectivity index (χ4v) is 19.4. The molecular formula is C97H113F15N9O15V3-3. The first-order valence-electron chi connectivity index (χ1n) is 46.0. The fraction of sp³-hybridized carbons (Fsp3) is 0.629. The predicted molar refractivity (Wildman–Crippen MR) is 464 cm³/mol. The SMILES string of the molecule is CC[C@@H]1[C@@H]2CN(C(=O)[C@H](C(C)(C)C)NC(=O)O[C@@H]3C[C@H]3CCCCC(F)(F)c3cc4ccc(C(F)(F)F)cc4nc3O2)[C@@H]1[C-]=O.CC[C@@H]1[C@@H]2CN(C(=O)[C@H](C(C)(C)C)NC(=O)O[C@]3(C)C[C@H]3CCCCC(F)(F)c3cc4ccc(C(F)(F)F)cc4nc3O2)[C@@H]1[C-]=O.C[C@@H]1[C@@H]2CN(C(=O)[C@H](C(C)(C)C)NC(=O)O[C@]3(C)C[C@H]3CCCCC(F)(F)c3cc4ccc(C(F)(F)F)cc4nc3O2)[C@@H]1[C-]=O.[V].[V].[V]. The standard InChI is InChI=1S/C33H39F5N3O5.2C32H37F5N3O5.3V/c1-6-21-24(17-42)41-16-25(21)45-27-22(13-18-10-11-19(33(36,37)38)14-23(18)39-27)32(34,35)12-8-7-9-20-15-31(20,5)46-29(44)40-26(28(41)43)30(2,3)4;1-17-23(16-41)40-15-24(17)44-26-21(12-18-9-10-19(32(35,36)37)13-22(18)38-26)31(33,34)11-7-6-8-20-14-30(20,5)45-28(43)39-25(27(40)42)29(2,3)4;1-5-20-23(16-41)40-15-25(20)44-27-21(12-17-9-10-19(32(35,36)37)14-22(17)38-27)31(33,34)11-7-6-8-18-13-24(18)45-29(43)39-26(28(40)42)30(2,3)4;;;/h10-11,13-14,20-21,24-26H,6-9,12,15-16H2,1-5H3,(H,40,44);9-10,12-13,17,20,23-25H,6-8,11,14-15H2,1-5H3,(H,39,43);9-10,12,14,18,20,23-26H,5-8,11,13,15H2,1-4H3,(H,39,43);;;/q3*-1;;;/t20-,21+,24-,25+,26-,31-;17-,20+,23+,24-,25+,30+;18-,20+,23-,24-,25+,26-;;;/m101.../s1. The minimum absolute atomic E-state index is 0. The summed E-state index contributed by atoms with van der Waals surface area (Å²) in [6.07, 6.45) is -10.5. The maximum absolute atomic E-state index is 16.0. The first-order valence-corrected chi connectivity index (χ1v) is 46.0. The van der Waals surface area contributed by atoms with Gasteiger partial charge >= 0.3 is 36.8 Å². The zero-order valence-electron chi connectivity index (χ0n) is 79.1. The van der Waals surface area contributed by atoms with Crippen molar-refractivity contribution in [2.75, 3.05) is 19.6 Å². The Hall–Kier alpha value is -8.78. The van der Waals surface area contributed by atoms with E-state index in [9.17, 15) is 82.7 Å². The van der Waals surface area contributed by atoms with E-state index in [1.165, 1.54) is 14.7 Å². The van der Waals surface area contributed by atoms with Gasteiger partial charge in [0.2, 0.25) is 35.4 Å². The third-order valence-corrected chi connectivity index (χ3v) is 27.9. The minimum atomic E-state index is -4.68. The van der Waals surface area contributed by atoms with Crippen molar-refractivity contribution in [3.05, 3.63) is 106 Å². The molecular weight excluding hydrogens is 1970 g/mol. The molecule has 6 aliphatic heterocycles. The third kappa shape index (κ3) is 25.2. The normalized spacial score (nSPS) is 29.7. The number of hydrogen-bond donors (Lipinski definition) is 3. The van der Waals surface area contributed by atoms with E-state index in [4.69, 9.17) is 28.4 Å². The van der Waals surface area contributed by atoms with Crippen LogP contribution in [0, 0.1) is 51.8 Å². The summed E-state index contributed by atoms with van der Waals surface area (Å²) in [7, 11) is 0. The fourth-order valence-electron chi connectivity index (χ4n) is 19.4. The summed E-state index contributed by atoms with van der Waals surface area (Å²) in [6.45, 7) is 23.5. The summed E-state index contributed by atoms with van der Waals surface area (Å²) in [5.41, 5.74) is -9.33. The molecule has 3 saturated heterocycles. The number of nitrogens with one attached hydrogen (secondary N) is 3. The Morgan fingerprint density at radius 2 is 0.712 bits per heavy atom. The van der Waals surface area contributed by atoms with Crippen LogP contribution in [0.3, 0.4) is 0 Å². The van der Waals surface area contributed by atoms with Gasteiger partial charge in [-0.3, -0.25) is 14.4 Å². The van der Waals surface area contributed by atoms with Crippen LogP contribution in [0.2, 0.25) is 0 Å². The number of nitrogens with zero attached hydrogens (tertiary/aromatic N) is 6. The van der Waals surface area contributed by atoms with E-state index < -0.39 is 242 Å². The Kier molecular flexibility index (Phi) is 34.1. The number of rotatable bonds is 5. The number of pyridine rings is 3. The summed E-state index contributed by atoms with van der Waals surface area (Å²) < 4.78 is 252. The number of halogens is 15. The summed E-state index contributed by atoms with van der Waals surface area (Å²) in [4.78, 5) is 134. The van der Waals surface area contributed by atoms with E-state index in [1.807, 2.05) is 18.9 Å². The van der Waals surface area contributed by atoms with Gasteiger partial charge in [0.15, 0.2) is 0 Å². The van der Waals surface area contributed by atoms with E-state index in [2.05, 4.69) is 30.9 Å². The summed E-state index contributed by atoms with van der Waals surface area (Å²) in [5.74, 6) is -16.1. The van der Waals surface area contributed by atoms with Crippen LogP contribution in [0.15, 0.2) is 72.8 Å². The predicted octanol–water partition coefficient (Wildman–Crippen LogP) is 20.0. The Morgan fingerprint density at radius 1 is 0.410 bits per heavy atom. The van der Waals surface area contributed by atoms with Gasteiger partial charge in [0.25, 0.3) is 17.8 Å². The second-order valence-corrected chi connectivity index (χ2v) is 41.2. The second kappa shape index (κ2) is 42.3. The Bertz CT molecular complexity index is 5530. The molecule has 18 atom stereocenters. The zero-order chi connectivity index (χ0) is 99.8. The molecule has 6 aromatic rings. The molecule has 3 N–H and O–H groups in total. The molecule has 6 fully saturated rings. The summed E-state index contributed by atoms with van der Waals surface area (Å²) in [5, 5.41) is 8.28. The molecule has 0 unspecified atom stereocenters. The molecule has 3 aliphatic carbocycles. The van der Waals surface area contributed by atoms with Crippen molar-refractivity contribution in [1.82, 2.24) is 45.6 Å². The van der Waals surface area contributed by atoms with Crippen molar-refractivity contribution in [2.45, 2.75) is 314 Å². The van der Waals surface area contributed by atoms with Crippen LogP contribution in [-0.2, 0) is 135 Å². The van der Waals surface area contributed by atoms with Gasteiger partial charge < -0.3 is 73.5 Å². The molecule has 24 nitrogen and oxygen atoms in total. The van der Waals surface area contributed by atoms with Crippen LogP contribution in [0.4, 0.5) is 80.2 Å². The number of alkyl carbamates (subject to hydrolysis) is 3. The molecule has 6 bridgehead atoms. The van der Waals surface area contributed by atoms with Crippen molar-refractivity contribution in [1.29, 1.82) is 0 Å². The molecule has 15 rings (SSSR count). The number of alkyl halides is 15. The van der Waals surface area contributed by atoms with E-state index in [0.717, 1.165) is 72.8 Å². The molecule has 3 aromatic heterocycles. The van der Waals surface area contributed by atoms with Crippen molar-refractivity contribution in [3.63, 3.8) is 0 Å². The molecule has 9 heterocycles. The Morgan fingerprint density at radius 3 is 1.02 bits per heavy atom. The quantitative estimate of drug-likeness (QED) is 0.0821. The van der Waals surface area contributed by atoms with Crippen LogP contribution in [0.1, 0.15) is 239 Å². The van der Waals surface area contributed by atoms with Crippen LogP contribution in [0.25, 0.3) is 32.7 Å². The van der Waals surface area contributed by atoms with E-state index in [1.54, 1.807) is 96.9 Å². The van der Waals surface area contributed by atoms with Crippen LogP contribution in [0.5, 0.6) is 17.6 Å². The first-order chi connectivity index (χ1) is 63.2. The number of benzene rings is 3. The van der Waals surface area contributed by atoms with Crippen molar-refractivity contribution >= 4 is 87.6 Å². The maximum atomic E-state index is 16.0. The zero-order valence-corrected chi connectivity index (χ0v) is 83.3. The Labute approximate surface area is 830 Å². The van der Waals surface area contributed by atoms with Crippen molar-refractivity contribution in [3.8, 4) is 17.6 Å². The molecule has 0 spiro atoms. The van der Waals surface area contributed by atoms with Gasteiger partial charge in [0.1, 0.15) is 53.7 Å². The van der Waals surface area contributed by atoms with Crippen LogP contribution in [-0.4, -0.2) is 176 Å². The number of fused-ring (bicyclic) bond motifs is 15. The van der Waals surface area contributed by atoms with Gasteiger partial charge in [-0.05, 0) is 166 Å². The number of carbonyl (C=O) groups excluding carboxylic acids is 9. The maximum Gasteiger partial charge on any atom is 0.416 e. The third-order valence-electron chi connectivity index (χ3n) is 27.9. The molecule has 9 aliphatic rings. The number of aromatic nitrogens is 3. The van der Waals surface area contributed by atoms with E-state index in [0.29, 0.717) is 57.8 Å². The summed E-state index contributed by atoms with van der Waals surface area (Å²) in [6, 6.07) is 4.59. The largest absolute Gasteiger partial charge is 0.540 e.